The van der Waals surface area contributed by atoms with Crippen LogP contribution in [0.25, 0.3) is 11.2 Å². The quantitative estimate of drug-likeness (QED) is 0.591. The molecule has 0 radical (unpaired) electrons. The number of nitrogens with zero attached hydrogens (tertiary/aromatic N) is 3. The predicted molar refractivity (Wildman–Crippen MR) is 80.9 cm³/mol. The number of unbranched alkanes of at least 4 members (excludes halogenated alkanes) is 3. The Hall–Kier alpha value is -1.60. The van der Waals surface area contributed by atoms with Crippen molar-refractivity contribution < 1.29 is 5.11 Å². The van der Waals surface area contributed by atoms with Crippen LogP contribution in [0.2, 0.25) is 5.28 Å². The van der Waals surface area contributed by atoms with Gasteiger partial charge in [-0.25, -0.2) is 4.79 Å². The lowest BCUT2D eigenvalue weighted by atomic mass is 10.2. The van der Waals surface area contributed by atoms with Crippen LogP contribution in [0.5, 0.6) is 0 Å². The van der Waals surface area contributed by atoms with Gasteiger partial charge in [-0.05, 0) is 18.0 Å². The number of hydrogen-bond acceptors (Lipinski definition) is 4. The predicted octanol–water partition coefficient (Wildman–Crippen LogP) is 1.11. The second kappa shape index (κ2) is 6.91. The number of aryl methyl sites for hydroxylation is 1. The van der Waals surface area contributed by atoms with Gasteiger partial charge in [0, 0.05) is 6.54 Å². The highest BCUT2D eigenvalue weighted by molar-refractivity contribution is 6.28. The van der Waals surface area contributed by atoms with Crippen LogP contribution in [0, 0.1) is 0 Å². The van der Waals surface area contributed by atoms with Gasteiger partial charge in [0.05, 0.1) is 13.2 Å². The molecule has 0 saturated heterocycles. The van der Waals surface area contributed by atoms with Crippen molar-refractivity contribution in [3.63, 3.8) is 0 Å². The Kier molecular flexibility index (Phi) is 5.19. The van der Waals surface area contributed by atoms with E-state index in [4.69, 9.17) is 16.7 Å². The summed E-state index contributed by atoms with van der Waals surface area (Å²) in [5.74, 6) is 0. The Morgan fingerprint density at radius 3 is 2.62 bits per heavy atom. The zero-order valence-electron chi connectivity index (χ0n) is 11.9. The number of rotatable bonds is 7. The molecule has 2 aromatic rings. The lowest BCUT2D eigenvalue weighted by Crippen LogP contribution is -2.41. The first kappa shape index (κ1) is 15.8. The normalized spacial score (nSPS) is 11.4. The van der Waals surface area contributed by atoms with Crippen LogP contribution >= 0.6 is 11.6 Å². The molecule has 21 heavy (non-hydrogen) atoms. The zero-order chi connectivity index (χ0) is 15.4. The van der Waals surface area contributed by atoms with Gasteiger partial charge in [0.1, 0.15) is 0 Å². The molecule has 0 aliphatic rings. The number of aliphatic hydroxyl groups excluding tert-OH is 1. The van der Waals surface area contributed by atoms with Crippen LogP contribution < -0.4 is 11.2 Å². The average molecular weight is 315 g/mol. The fourth-order valence-corrected chi connectivity index (χ4v) is 2.51. The Morgan fingerprint density at radius 1 is 1.19 bits per heavy atom. The third kappa shape index (κ3) is 3.19. The molecule has 2 rings (SSSR count). The average Bonchev–Trinajstić information content (AvgIpc) is 2.84. The number of nitrogens with one attached hydrogen (secondary N) is 1. The third-order valence-corrected chi connectivity index (χ3v) is 3.57. The van der Waals surface area contributed by atoms with E-state index in [1.807, 2.05) is 0 Å². The van der Waals surface area contributed by atoms with Gasteiger partial charge in [-0.1, -0.05) is 26.2 Å². The molecule has 7 nitrogen and oxygen atoms in total. The molecule has 2 aromatic heterocycles. The molecule has 0 bridgehead atoms. The van der Waals surface area contributed by atoms with E-state index in [9.17, 15) is 9.59 Å². The maximum atomic E-state index is 12.4. The molecule has 0 fully saturated rings. The summed E-state index contributed by atoms with van der Waals surface area (Å²) in [6.45, 7) is 2.26. The number of H-pyrrole nitrogens is 1. The van der Waals surface area contributed by atoms with Crippen molar-refractivity contribution in [3.05, 3.63) is 26.1 Å². The molecule has 0 unspecified atom stereocenters. The van der Waals surface area contributed by atoms with Crippen molar-refractivity contribution in [1.29, 1.82) is 0 Å². The molecule has 2 N–H and O–H groups in total. The number of imidazole rings is 1. The molecule has 0 aromatic carbocycles. The number of fused-ring (bicyclic) bond motifs is 1. The maximum Gasteiger partial charge on any atom is 0.332 e. The second-order valence-corrected chi connectivity index (χ2v) is 5.26. The van der Waals surface area contributed by atoms with E-state index in [-0.39, 0.29) is 29.6 Å². The third-order valence-electron chi connectivity index (χ3n) is 3.39. The lowest BCUT2D eigenvalue weighted by Gasteiger charge is -2.10. The molecule has 0 aliphatic heterocycles. The van der Waals surface area contributed by atoms with E-state index in [1.54, 1.807) is 0 Å². The van der Waals surface area contributed by atoms with Crippen LogP contribution in [-0.4, -0.2) is 30.8 Å². The molecular formula is C13H19ClN4O3. The number of aliphatic hydroxyl groups is 1. The summed E-state index contributed by atoms with van der Waals surface area (Å²) in [6.07, 6.45) is 4.02. The van der Waals surface area contributed by atoms with E-state index in [0.717, 1.165) is 30.3 Å². The zero-order valence-corrected chi connectivity index (χ0v) is 12.7. The molecular weight excluding hydrogens is 296 g/mol. The van der Waals surface area contributed by atoms with Gasteiger partial charge in [0.25, 0.3) is 5.56 Å². The van der Waals surface area contributed by atoms with Crippen molar-refractivity contribution in [3.8, 4) is 0 Å². The van der Waals surface area contributed by atoms with E-state index in [2.05, 4.69) is 16.9 Å². The standard InChI is InChI=1S/C13H19ClN4O3/c1-2-3-4-5-6-17-10-9(15-12(14)16-10)11(20)18(7-8-19)13(17)21/h19H,2-8H2,1H3,(H,15,16). The minimum absolute atomic E-state index is 0.0425. The first-order chi connectivity index (χ1) is 10.1. The fourth-order valence-electron chi connectivity index (χ4n) is 2.33. The fraction of sp³-hybridized carbons (Fsp3) is 0.615. The topological polar surface area (TPSA) is 92.9 Å². The molecule has 116 valence electrons. The van der Waals surface area contributed by atoms with Crippen molar-refractivity contribution in [2.75, 3.05) is 6.61 Å². The second-order valence-electron chi connectivity index (χ2n) is 4.90. The lowest BCUT2D eigenvalue weighted by molar-refractivity contribution is 0.270. The van der Waals surface area contributed by atoms with E-state index in [0.29, 0.717) is 6.54 Å². The van der Waals surface area contributed by atoms with Crippen LogP contribution in [-0.2, 0) is 13.1 Å². The largest absolute Gasteiger partial charge is 0.395 e. The van der Waals surface area contributed by atoms with Crippen LogP contribution in [0.15, 0.2) is 9.59 Å². The van der Waals surface area contributed by atoms with E-state index < -0.39 is 11.2 Å². The number of hydrogen-bond donors (Lipinski definition) is 2. The molecule has 0 amide bonds. The van der Waals surface area contributed by atoms with Crippen LogP contribution in [0.4, 0.5) is 0 Å². The van der Waals surface area contributed by atoms with Crippen LogP contribution in [0.3, 0.4) is 0 Å². The summed E-state index contributed by atoms with van der Waals surface area (Å²) in [7, 11) is 0. The minimum atomic E-state index is -0.506. The molecule has 0 atom stereocenters. The summed E-state index contributed by atoms with van der Waals surface area (Å²) in [4.78, 5) is 31.3. The van der Waals surface area contributed by atoms with Gasteiger partial charge in [-0.3, -0.25) is 13.9 Å². The van der Waals surface area contributed by atoms with Crippen molar-refractivity contribution in [2.24, 2.45) is 0 Å². The van der Waals surface area contributed by atoms with Gasteiger partial charge in [-0.2, -0.15) is 4.98 Å². The van der Waals surface area contributed by atoms with Crippen molar-refractivity contribution >= 4 is 22.8 Å². The smallest absolute Gasteiger partial charge is 0.332 e. The SMILES string of the molecule is CCCCCCn1c(=O)n(CCO)c(=O)c2[nH]c(Cl)nc21. The molecule has 0 aliphatic carbocycles. The number of aromatic amines is 1. The summed E-state index contributed by atoms with van der Waals surface area (Å²) in [6, 6.07) is 0. The summed E-state index contributed by atoms with van der Waals surface area (Å²) in [5, 5.41) is 9.10. The highest BCUT2D eigenvalue weighted by Crippen LogP contribution is 2.10. The maximum absolute atomic E-state index is 12.4. The molecule has 0 saturated carbocycles. The van der Waals surface area contributed by atoms with E-state index >= 15 is 0 Å². The monoisotopic (exact) mass is 314 g/mol. The van der Waals surface area contributed by atoms with E-state index in [1.165, 1.54) is 4.57 Å². The van der Waals surface area contributed by atoms with Gasteiger partial charge in [-0.15, -0.1) is 0 Å². The molecule has 0 spiro atoms. The summed E-state index contributed by atoms with van der Waals surface area (Å²) >= 11 is 5.81. The Balaban J connectivity index is 2.50. The first-order valence-corrected chi connectivity index (χ1v) is 7.47. The molecule has 2 heterocycles. The number of aromatic nitrogens is 4. The Morgan fingerprint density at radius 2 is 1.95 bits per heavy atom. The Bertz CT molecular complexity index is 731. The number of halogens is 1. The van der Waals surface area contributed by atoms with Gasteiger partial charge >= 0.3 is 5.69 Å². The van der Waals surface area contributed by atoms with Crippen molar-refractivity contribution in [2.45, 2.75) is 45.7 Å². The van der Waals surface area contributed by atoms with Crippen molar-refractivity contribution in [1.82, 2.24) is 19.1 Å². The van der Waals surface area contributed by atoms with Gasteiger partial charge < -0.3 is 10.1 Å². The summed E-state index contributed by atoms with van der Waals surface area (Å²) < 4.78 is 2.46. The highest BCUT2D eigenvalue weighted by Gasteiger charge is 2.16. The highest BCUT2D eigenvalue weighted by atomic mass is 35.5. The summed E-state index contributed by atoms with van der Waals surface area (Å²) in [5.41, 5.74) is -0.487. The van der Waals surface area contributed by atoms with Gasteiger partial charge in [0.2, 0.25) is 5.28 Å². The Labute approximate surface area is 126 Å². The molecule has 8 heteroatoms. The first-order valence-electron chi connectivity index (χ1n) is 7.09. The minimum Gasteiger partial charge on any atom is -0.395 e. The van der Waals surface area contributed by atoms with Gasteiger partial charge in [0.15, 0.2) is 11.2 Å². The van der Waals surface area contributed by atoms with Crippen LogP contribution in [0.1, 0.15) is 32.6 Å².